The molecule has 46 heavy (non-hydrogen) atoms. The first-order valence-corrected chi connectivity index (χ1v) is 16.2. The van der Waals surface area contributed by atoms with Gasteiger partial charge in [0, 0.05) is 19.6 Å². The number of nitrogens with zero attached hydrogens (tertiary/aromatic N) is 4. The largest absolute Gasteiger partial charge is 0.492 e. The average Bonchev–Trinajstić information content (AvgIpc) is 3.03. The Morgan fingerprint density at radius 1 is 0.957 bits per heavy atom. The van der Waals surface area contributed by atoms with Crippen LogP contribution in [0.5, 0.6) is 5.75 Å². The molecule has 0 saturated heterocycles. The van der Waals surface area contributed by atoms with E-state index in [1.165, 1.54) is 0 Å². The molecule has 11 N–H and O–H groups in total. The molecule has 1 amide bonds. The number of anilines is 2. The van der Waals surface area contributed by atoms with E-state index in [-0.39, 0.29) is 41.4 Å². The second kappa shape index (κ2) is 20.8. The highest BCUT2D eigenvalue weighted by Crippen LogP contribution is 2.18. The third kappa shape index (κ3) is 13.6. The topological polar surface area (TPSA) is 239 Å². The summed E-state index contributed by atoms with van der Waals surface area (Å²) in [6.07, 6.45) is 1.78. The lowest BCUT2D eigenvalue weighted by atomic mass is 10.0. The van der Waals surface area contributed by atoms with Crippen molar-refractivity contribution in [1.82, 2.24) is 20.2 Å². The minimum Gasteiger partial charge on any atom is -0.492 e. The van der Waals surface area contributed by atoms with Gasteiger partial charge in [-0.1, -0.05) is 56.8 Å². The standard InChI is InChI=1S/C31H51ClN8O6/c1-3-5-6-9-16-40(19-23(42)26(44)25(43)22(41)4-2)17-18-46-21-13-11-20(12-14-21)10-7-8-15-36-31(35)39-30(45)24-28(33)38-29(34)27(32)37-24/h11-14,22-23,25-26,41-44H,3-10,15-19H2,1-2H3,(H4,33,34,38)(H3,35,36,39,45)/t22-,23+,25-,26-/m1/s1. The number of carbonyl (C=O) groups is 1. The van der Waals surface area contributed by atoms with Gasteiger partial charge >= 0.3 is 0 Å². The molecule has 0 aliphatic heterocycles. The zero-order valence-electron chi connectivity index (χ0n) is 26.8. The van der Waals surface area contributed by atoms with Gasteiger partial charge in [0.25, 0.3) is 5.91 Å². The smallest absolute Gasteiger partial charge is 0.280 e. The van der Waals surface area contributed by atoms with Gasteiger partial charge in [0.2, 0.25) is 0 Å². The maximum absolute atomic E-state index is 12.3. The van der Waals surface area contributed by atoms with Crippen LogP contribution in [0.1, 0.15) is 74.8 Å². The lowest BCUT2D eigenvalue weighted by Crippen LogP contribution is -2.49. The summed E-state index contributed by atoms with van der Waals surface area (Å²) in [5.74, 6) is -0.278. The summed E-state index contributed by atoms with van der Waals surface area (Å²) in [6, 6.07) is 7.82. The van der Waals surface area contributed by atoms with Gasteiger partial charge in [-0.25, -0.2) is 9.97 Å². The zero-order chi connectivity index (χ0) is 34.1. The summed E-state index contributed by atoms with van der Waals surface area (Å²) in [6.45, 7) is 6.05. The third-order valence-electron chi connectivity index (χ3n) is 7.45. The number of aliphatic hydroxyl groups is 4. The number of halogens is 1. The van der Waals surface area contributed by atoms with E-state index in [4.69, 9.17) is 33.5 Å². The molecule has 0 aliphatic carbocycles. The summed E-state index contributed by atoms with van der Waals surface area (Å²) in [4.78, 5) is 26.1. The van der Waals surface area contributed by atoms with E-state index >= 15 is 0 Å². The minimum absolute atomic E-state index is 0.0706. The van der Waals surface area contributed by atoms with Gasteiger partial charge in [-0.15, -0.1) is 0 Å². The number of nitrogen functional groups attached to an aromatic ring is 2. The summed E-state index contributed by atoms with van der Waals surface area (Å²) >= 11 is 5.81. The fourth-order valence-corrected chi connectivity index (χ4v) is 4.76. The van der Waals surface area contributed by atoms with Crippen LogP contribution in [0.2, 0.25) is 5.15 Å². The van der Waals surface area contributed by atoms with Crippen molar-refractivity contribution in [3.05, 3.63) is 40.7 Å². The highest BCUT2D eigenvalue weighted by molar-refractivity contribution is 6.31. The Hall–Kier alpha value is -3.27. The lowest BCUT2D eigenvalue weighted by Gasteiger charge is -2.30. The van der Waals surface area contributed by atoms with Crippen molar-refractivity contribution in [3.63, 3.8) is 0 Å². The van der Waals surface area contributed by atoms with Crippen molar-refractivity contribution in [2.45, 2.75) is 89.6 Å². The van der Waals surface area contributed by atoms with E-state index in [1.807, 2.05) is 29.2 Å². The number of ether oxygens (including phenoxy) is 1. The van der Waals surface area contributed by atoms with Crippen LogP contribution in [0.3, 0.4) is 0 Å². The third-order valence-corrected chi connectivity index (χ3v) is 7.72. The Bertz CT molecular complexity index is 1220. The van der Waals surface area contributed by atoms with Gasteiger partial charge in [-0.3, -0.25) is 20.0 Å². The van der Waals surface area contributed by atoms with Gasteiger partial charge in [0.05, 0.1) is 12.2 Å². The Kier molecular flexibility index (Phi) is 17.6. The molecule has 1 heterocycles. The van der Waals surface area contributed by atoms with E-state index in [0.29, 0.717) is 19.7 Å². The Labute approximate surface area is 276 Å². The molecular formula is C31H51ClN8O6. The molecule has 258 valence electrons. The summed E-state index contributed by atoms with van der Waals surface area (Å²) in [5.41, 5.74) is 18.0. The van der Waals surface area contributed by atoms with Crippen LogP contribution < -0.4 is 27.3 Å². The molecule has 15 heteroatoms. The van der Waals surface area contributed by atoms with Gasteiger partial charge in [0.15, 0.2) is 28.4 Å². The number of nitrogens with two attached hydrogens (primary N) is 3. The molecule has 0 saturated carbocycles. The van der Waals surface area contributed by atoms with Crippen LogP contribution in [-0.4, -0.2) is 104 Å². The summed E-state index contributed by atoms with van der Waals surface area (Å²) < 4.78 is 5.95. The number of aryl methyl sites for hydroxylation is 1. The van der Waals surface area contributed by atoms with Gasteiger partial charge < -0.3 is 42.4 Å². The fourth-order valence-electron chi connectivity index (χ4n) is 4.63. The van der Waals surface area contributed by atoms with Gasteiger partial charge in [-0.05, 0) is 56.3 Å². The number of aliphatic hydroxyl groups excluding tert-OH is 4. The quantitative estimate of drug-likeness (QED) is 0.0537. The SMILES string of the molecule is CCCCCCN(CCOc1ccc(CCCCN=C(N)NC(=O)c2nc(Cl)c(N)nc2N)cc1)C[C@H](O)[C@@H](O)[C@H](O)[C@H](O)CC. The first kappa shape index (κ1) is 38.9. The number of amides is 1. The summed E-state index contributed by atoms with van der Waals surface area (Å²) in [7, 11) is 0. The fraction of sp³-hybridized carbons (Fsp3) is 0.613. The average molecular weight is 667 g/mol. The summed E-state index contributed by atoms with van der Waals surface area (Å²) in [5, 5.41) is 43.1. The number of nitrogens with one attached hydrogen (secondary N) is 1. The molecule has 14 nitrogen and oxygen atoms in total. The minimum atomic E-state index is -1.44. The number of hydrogen-bond donors (Lipinski definition) is 8. The number of unbranched alkanes of at least 4 members (excludes halogenated alkanes) is 4. The predicted molar refractivity (Wildman–Crippen MR) is 180 cm³/mol. The molecule has 0 bridgehead atoms. The molecule has 2 rings (SSSR count). The van der Waals surface area contributed by atoms with E-state index in [2.05, 4.69) is 27.2 Å². The van der Waals surface area contributed by atoms with E-state index in [1.54, 1.807) is 6.92 Å². The molecule has 1 aromatic heterocycles. The monoisotopic (exact) mass is 666 g/mol. The van der Waals surface area contributed by atoms with Crippen LogP contribution >= 0.6 is 11.6 Å². The highest BCUT2D eigenvalue weighted by atomic mass is 35.5. The molecule has 0 radical (unpaired) electrons. The number of aliphatic imine (C=N–C) groups is 1. The van der Waals surface area contributed by atoms with Crippen molar-refractivity contribution >= 4 is 35.1 Å². The van der Waals surface area contributed by atoms with Crippen LogP contribution in [-0.2, 0) is 6.42 Å². The highest BCUT2D eigenvalue weighted by Gasteiger charge is 2.30. The number of carbonyl (C=O) groups excluding carboxylic acids is 1. The molecular weight excluding hydrogens is 616 g/mol. The number of aromatic nitrogens is 2. The number of rotatable bonds is 21. The predicted octanol–water partition coefficient (Wildman–Crippen LogP) is 1.48. The Morgan fingerprint density at radius 3 is 2.33 bits per heavy atom. The first-order valence-electron chi connectivity index (χ1n) is 15.8. The van der Waals surface area contributed by atoms with Crippen LogP contribution in [0, 0.1) is 0 Å². The van der Waals surface area contributed by atoms with Crippen molar-refractivity contribution < 1.29 is 30.0 Å². The maximum Gasteiger partial charge on any atom is 0.280 e. The molecule has 0 unspecified atom stereocenters. The number of guanidine groups is 1. The van der Waals surface area contributed by atoms with Crippen LogP contribution in [0.4, 0.5) is 11.6 Å². The number of hydrogen-bond acceptors (Lipinski definition) is 12. The Balaban J connectivity index is 1.76. The first-order chi connectivity index (χ1) is 22.0. The maximum atomic E-state index is 12.3. The lowest BCUT2D eigenvalue weighted by molar-refractivity contribution is -0.111. The molecule has 1 aromatic carbocycles. The van der Waals surface area contributed by atoms with E-state index in [9.17, 15) is 25.2 Å². The van der Waals surface area contributed by atoms with Crippen molar-refractivity contribution in [2.75, 3.05) is 44.3 Å². The molecule has 4 atom stereocenters. The number of benzene rings is 1. The van der Waals surface area contributed by atoms with E-state index < -0.39 is 30.3 Å². The molecule has 0 aliphatic rings. The molecule has 2 aromatic rings. The second-order valence-electron chi connectivity index (χ2n) is 11.2. The second-order valence-corrected chi connectivity index (χ2v) is 11.5. The van der Waals surface area contributed by atoms with E-state index in [0.717, 1.165) is 62.8 Å². The normalized spacial score (nSPS) is 14.6. The van der Waals surface area contributed by atoms with Crippen molar-refractivity contribution in [2.24, 2.45) is 10.7 Å². The van der Waals surface area contributed by atoms with Gasteiger partial charge in [0.1, 0.15) is 24.6 Å². The van der Waals surface area contributed by atoms with Crippen LogP contribution in [0.25, 0.3) is 0 Å². The van der Waals surface area contributed by atoms with Crippen LogP contribution in [0.15, 0.2) is 29.3 Å². The van der Waals surface area contributed by atoms with Crippen molar-refractivity contribution in [3.8, 4) is 5.75 Å². The van der Waals surface area contributed by atoms with Gasteiger partial charge in [-0.2, -0.15) is 0 Å². The van der Waals surface area contributed by atoms with Crippen molar-refractivity contribution in [1.29, 1.82) is 0 Å². The zero-order valence-corrected chi connectivity index (χ0v) is 27.6. The molecule has 0 fully saturated rings. The Morgan fingerprint density at radius 2 is 1.65 bits per heavy atom. The molecule has 0 spiro atoms.